The second-order valence-corrected chi connectivity index (χ2v) is 7.49. The van der Waals surface area contributed by atoms with E-state index in [0.717, 1.165) is 43.9 Å². The molecule has 36 heavy (non-hydrogen) atoms. The van der Waals surface area contributed by atoms with Crippen LogP contribution in [-0.4, -0.2) is 70.2 Å². The lowest BCUT2D eigenvalue weighted by atomic mass is 10.0. The third-order valence-electron chi connectivity index (χ3n) is 4.98. The molecule has 3 rings (SSSR count). The fraction of sp³-hybridized carbons (Fsp3) is 0.500. The standard InChI is InChI=1S/C18H24N2O2.2C2HF3O2/c1-3-15-6-7-16(22-15)13-20-10-8-18(21-2)17(20)11-14-5-4-9-19-12-14;2*3-2(4,5)1(6)7/h4-7,9,12,17-18H,3,8,10-11,13H2,1-2H3;2*(H,6,7)/t17-,18+;;/m0../s1. The zero-order valence-corrected chi connectivity index (χ0v) is 19.3. The number of carboxylic acids is 2. The largest absolute Gasteiger partial charge is 0.490 e. The van der Waals surface area contributed by atoms with Crippen LogP contribution >= 0.6 is 0 Å². The van der Waals surface area contributed by atoms with Crippen LogP contribution in [0.3, 0.4) is 0 Å². The summed E-state index contributed by atoms with van der Waals surface area (Å²) < 4.78 is 75.0. The lowest BCUT2D eigenvalue weighted by molar-refractivity contribution is -0.193. The molecule has 202 valence electrons. The van der Waals surface area contributed by atoms with Crippen molar-refractivity contribution in [2.24, 2.45) is 0 Å². The normalized spacial score (nSPS) is 18.0. The number of halogens is 6. The van der Waals surface area contributed by atoms with Crippen molar-refractivity contribution in [1.29, 1.82) is 0 Å². The second kappa shape index (κ2) is 13.8. The quantitative estimate of drug-likeness (QED) is 0.533. The molecule has 3 heterocycles. The summed E-state index contributed by atoms with van der Waals surface area (Å²) in [6, 6.07) is 8.69. The van der Waals surface area contributed by atoms with Crippen molar-refractivity contribution in [1.82, 2.24) is 9.88 Å². The van der Waals surface area contributed by atoms with Crippen LogP contribution < -0.4 is 0 Å². The number of pyridine rings is 1. The van der Waals surface area contributed by atoms with Gasteiger partial charge in [0.1, 0.15) is 11.5 Å². The van der Waals surface area contributed by atoms with Crippen LogP contribution in [0.25, 0.3) is 0 Å². The number of rotatable bonds is 6. The number of aliphatic carboxylic acids is 2. The Morgan fingerprint density at radius 2 is 1.64 bits per heavy atom. The molecule has 1 fully saturated rings. The summed E-state index contributed by atoms with van der Waals surface area (Å²) in [4.78, 5) is 24.5. The Labute approximate surface area is 202 Å². The van der Waals surface area contributed by atoms with Crippen LogP contribution in [0.2, 0.25) is 0 Å². The number of carbonyl (C=O) groups is 2. The van der Waals surface area contributed by atoms with Crippen molar-refractivity contribution >= 4 is 11.9 Å². The van der Waals surface area contributed by atoms with E-state index >= 15 is 0 Å². The summed E-state index contributed by atoms with van der Waals surface area (Å²) in [7, 11) is 1.81. The second-order valence-electron chi connectivity index (χ2n) is 7.49. The molecule has 1 saturated heterocycles. The van der Waals surface area contributed by atoms with Crippen molar-refractivity contribution in [3.05, 3.63) is 53.7 Å². The average Bonchev–Trinajstić information content (AvgIpc) is 3.41. The SMILES string of the molecule is CCc1ccc(CN2CC[C@@H](OC)[C@@H]2Cc2cccnc2)o1.O=C(O)C(F)(F)F.O=C(O)C(F)(F)F. The van der Waals surface area contributed by atoms with E-state index in [0.29, 0.717) is 6.04 Å². The highest BCUT2D eigenvalue weighted by atomic mass is 19.4. The van der Waals surface area contributed by atoms with Gasteiger partial charge in [0.05, 0.1) is 12.6 Å². The minimum absolute atomic E-state index is 0.279. The number of likely N-dealkylation sites (tertiary alicyclic amines) is 1. The van der Waals surface area contributed by atoms with Gasteiger partial charge in [-0.15, -0.1) is 0 Å². The molecule has 0 bridgehead atoms. The van der Waals surface area contributed by atoms with Gasteiger partial charge in [-0.3, -0.25) is 9.88 Å². The van der Waals surface area contributed by atoms with Gasteiger partial charge in [0.25, 0.3) is 0 Å². The molecule has 0 aromatic carbocycles. The third-order valence-corrected chi connectivity index (χ3v) is 4.98. The predicted molar refractivity (Wildman–Crippen MR) is 113 cm³/mol. The number of aromatic nitrogens is 1. The first-order valence-electron chi connectivity index (χ1n) is 10.5. The average molecular weight is 528 g/mol. The fourth-order valence-corrected chi connectivity index (χ4v) is 3.28. The predicted octanol–water partition coefficient (Wildman–Crippen LogP) is 4.34. The van der Waals surface area contributed by atoms with Crippen molar-refractivity contribution in [3.8, 4) is 0 Å². The third kappa shape index (κ3) is 10.6. The number of hydrogen-bond donors (Lipinski definition) is 2. The van der Waals surface area contributed by atoms with Gasteiger partial charge in [-0.05, 0) is 36.6 Å². The lowest BCUT2D eigenvalue weighted by Gasteiger charge is -2.27. The molecule has 8 nitrogen and oxygen atoms in total. The summed E-state index contributed by atoms with van der Waals surface area (Å²) in [5.41, 5.74) is 1.26. The maximum atomic E-state index is 10.6. The smallest absolute Gasteiger partial charge is 0.475 e. The van der Waals surface area contributed by atoms with Gasteiger partial charge in [0, 0.05) is 38.5 Å². The van der Waals surface area contributed by atoms with Crippen molar-refractivity contribution in [3.63, 3.8) is 0 Å². The Balaban J connectivity index is 0.000000383. The molecule has 1 aliphatic heterocycles. The van der Waals surface area contributed by atoms with Crippen LogP contribution in [0.5, 0.6) is 0 Å². The first kappa shape index (κ1) is 30.9. The van der Waals surface area contributed by atoms with E-state index in [2.05, 4.69) is 35.0 Å². The summed E-state index contributed by atoms with van der Waals surface area (Å²) >= 11 is 0. The van der Waals surface area contributed by atoms with Crippen LogP contribution in [-0.2, 0) is 33.7 Å². The lowest BCUT2D eigenvalue weighted by Crippen LogP contribution is -2.37. The highest BCUT2D eigenvalue weighted by Crippen LogP contribution is 2.26. The first-order chi connectivity index (χ1) is 16.7. The van der Waals surface area contributed by atoms with E-state index in [4.69, 9.17) is 29.0 Å². The number of carboxylic acid groups (broad SMARTS) is 2. The zero-order chi connectivity index (χ0) is 27.5. The molecular formula is C22H26F6N2O6. The summed E-state index contributed by atoms with van der Waals surface area (Å²) in [5, 5.41) is 14.2. The topological polar surface area (TPSA) is 113 Å². The molecule has 14 heteroatoms. The molecule has 2 aromatic heterocycles. The minimum atomic E-state index is -5.08. The number of nitrogens with zero attached hydrogens (tertiary/aromatic N) is 2. The summed E-state index contributed by atoms with van der Waals surface area (Å²) in [6.07, 6.45) is -3.14. The maximum Gasteiger partial charge on any atom is 0.490 e. The highest BCUT2D eigenvalue weighted by Gasteiger charge is 2.39. The van der Waals surface area contributed by atoms with Crippen LogP contribution in [0, 0.1) is 0 Å². The number of ether oxygens (including phenoxy) is 1. The number of aryl methyl sites for hydroxylation is 1. The number of alkyl halides is 6. The summed E-state index contributed by atoms with van der Waals surface area (Å²) in [6.45, 7) is 4.01. The van der Waals surface area contributed by atoms with Gasteiger partial charge < -0.3 is 19.4 Å². The van der Waals surface area contributed by atoms with Crippen LogP contribution in [0.4, 0.5) is 26.3 Å². The van der Waals surface area contributed by atoms with Gasteiger partial charge in [0.15, 0.2) is 0 Å². The molecular weight excluding hydrogens is 502 g/mol. The van der Waals surface area contributed by atoms with Crippen molar-refractivity contribution in [2.75, 3.05) is 13.7 Å². The van der Waals surface area contributed by atoms with Gasteiger partial charge >= 0.3 is 24.3 Å². The molecule has 1 aliphatic rings. The van der Waals surface area contributed by atoms with Gasteiger partial charge in [-0.2, -0.15) is 26.3 Å². The Morgan fingerprint density at radius 1 is 1.08 bits per heavy atom. The first-order valence-corrected chi connectivity index (χ1v) is 10.5. The Morgan fingerprint density at radius 3 is 2.06 bits per heavy atom. The Hall–Kier alpha value is -3.13. The molecule has 2 aromatic rings. The van der Waals surface area contributed by atoms with E-state index in [1.807, 2.05) is 25.6 Å². The minimum Gasteiger partial charge on any atom is -0.475 e. The van der Waals surface area contributed by atoms with Crippen molar-refractivity contribution < 1.29 is 55.3 Å². The fourth-order valence-electron chi connectivity index (χ4n) is 3.28. The number of hydrogen-bond acceptors (Lipinski definition) is 6. The van der Waals surface area contributed by atoms with Gasteiger partial charge in [-0.1, -0.05) is 13.0 Å². The molecule has 0 spiro atoms. The van der Waals surface area contributed by atoms with E-state index in [9.17, 15) is 26.3 Å². The van der Waals surface area contributed by atoms with Crippen LogP contribution in [0.15, 0.2) is 41.1 Å². The molecule has 2 N–H and O–H groups in total. The molecule has 0 radical (unpaired) electrons. The van der Waals surface area contributed by atoms with E-state index in [1.54, 1.807) is 0 Å². The highest BCUT2D eigenvalue weighted by molar-refractivity contribution is 5.73. The molecule has 2 atom stereocenters. The van der Waals surface area contributed by atoms with Gasteiger partial charge in [-0.25, -0.2) is 9.59 Å². The van der Waals surface area contributed by atoms with Crippen molar-refractivity contribution in [2.45, 2.75) is 57.2 Å². The number of furan rings is 1. The monoisotopic (exact) mass is 528 g/mol. The maximum absolute atomic E-state index is 10.6. The molecule has 0 aliphatic carbocycles. The number of methoxy groups -OCH3 is 1. The van der Waals surface area contributed by atoms with E-state index in [-0.39, 0.29) is 6.10 Å². The van der Waals surface area contributed by atoms with Gasteiger partial charge in [0.2, 0.25) is 0 Å². The molecule has 0 saturated carbocycles. The zero-order valence-electron chi connectivity index (χ0n) is 19.3. The molecule has 0 unspecified atom stereocenters. The molecule has 0 amide bonds. The van der Waals surface area contributed by atoms with E-state index < -0.39 is 24.3 Å². The Kier molecular flexibility index (Phi) is 11.9. The summed E-state index contributed by atoms with van der Waals surface area (Å²) in [5.74, 6) is -3.41. The Bertz CT molecular complexity index is 924. The van der Waals surface area contributed by atoms with Crippen LogP contribution in [0.1, 0.15) is 30.4 Å². The van der Waals surface area contributed by atoms with E-state index in [1.165, 1.54) is 5.56 Å².